The van der Waals surface area contributed by atoms with E-state index >= 15 is 0 Å². The van der Waals surface area contributed by atoms with Crippen LogP contribution in [0.5, 0.6) is 0 Å². The highest BCUT2D eigenvalue weighted by Crippen LogP contribution is 2.17. The predicted molar refractivity (Wildman–Crippen MR) is 53.6 cm³/mol. The average Bonchev–Trinajstić information content (AvgIpc) is 2.47. The Kier molecular flexibility index (Phi) is 2.82. The van der Waals surface area contributed by atoms with Gasteiger partial charge < -0.3 is 0 Å². The lowest BCUT2D eigenvalue weighted by Gasteiger charge is -2.21. The quantitative estimate of drug-likeness (QED) is 0.653. The summed E-state index contributed by atoms with van der Waals surface area (Å²) in [7, 11) is 0. The smallest absolute Gasteiger partial charge is 0.0748 e. The lowest BCUT2D eigenvalue weighted by molar-refractivity contribution is 0.119. The van der Waals surface area contributed by atoms with Gasteiger partial charge >= 0.3 is 0 Å². The van der Waals surface area contributed by atoms with Crippen LogP contribution >= 0.6 is 0 Å². The first-order chi connectivity index (χ1) is 6.47. The zero-order valence-corrected chi connectivity index (χ0v) is 7.78. The SMILES string of the molecule is c1ccc(N2CCCCCO2)cc1. The number of nitrogens with zero attached hydrogens (tertiary/aromatic N) is 1. The van der Waals surface area contributed by atoms with Gasteiger partial charge in [-0.15, -0.1) is 0 Å². The van der Waals surface area contributed by atoms with Crippen LogP contribution in [0.1, 0.15) is 19.3 Å². The fourth-order valence-electron chi connectivity index (χ4n) is 1.57. The lowest BCUT2D eigenvalue weighted by Crippen LogP contribution is -2.22. The van der Waals surface area contributed by atoms with Gasteiger partial charge in [-0.25, -0.2) is 0 Å². The molecule has 1 saturated heterocycles. The summed E-state index contributed by atoms with van der Waals surface area (Å²) in [6, 6.07) is 10.3. The summed E-state index contributed by atoms with van der Waals surface area (Å²) >= 11 is 0. The molecule has 1 aliphatic rings. The van der Waals surface area contributed by atoms with E-state index in [9.17, 15) is 0 Å². The van der Waals surface area contributed by atoms with Gasteiger partial charge in [-0.2, -0.15) is 0 Å². The molecule has 0 atom stereocenters. The topological polar surface area (TPSA) is 12.5 Å². The summed E-state index contributed by atoms with van der Waals surface area (Å²) in [5, 5.41) is 2.01. The van der Waals surface area contributed by atoms with Crippen LogP contribution in [-0.4, -0.2) is 13.2 Å². The summed E-state index contributed by atoms with van der Waals surface area (Å²) in [6.07, 6.45) is 3.70. The predicted octanol–water partition coefficient (Wildman–Crippen LogP) is 2.61. The average molecular weight is 177 g/mol. The summed E-state index contributed by atoms with van der Waals surface area (Å²) in [4.78, 5) is 5.62. The van der Waals surface area contributed by atoms with Crippen LogP contribution in [0, 0.1) is 0 Å². The molecule has 0 aromatic heterocycles. The molecule has 0 spiro atoms. The van der Waals surface area contributed by atoms with Gasteiger partial charge in [-0.3, -0.25) is 9.90 Å². The molecule has 0 radical (unpaired) electrons. The Morgan fingerprint density at radius 3 is 2.69 bits per heavy atom. The van der Waals surface area contributed by atoms with Crippen LogP contribution in [0.4, 0.5) is 5.69 Å². The third-order valence-electron chi connectivity index (χ3n) is 2.30. The Morgan fingerprint density at radius 1 is 1.00 bits per heavy atom. The van der Waals surface area contributed by atoms with Gasteiger partial charge in [0, 0.05) is 6.54 Å². The Balaban J connectivity index is 2.06. The molecule has 1 aliphatic heterocycles. The molecule has 1 aromatic carbocycles. The molecule has 2 nitrogen and oxygen atoms in total. The first-order valence-corrected chi connectivity index (χ1v) is 4.92. The summed E-state index contributed by atoms with van der Waals surface area (Å²) in [6.45, 7) is 1.87. The van der Waals surface area contributed by atoms with Crippen molar-refractivity contribution in [3.05, 3.63) is 30.3 Å². The maximum absolute atomic E-state index is 5.62. The highest BCUT2D eigenvalue weighted by Gasteiger charge is 2.09. The molecule has 1 heterocycles. The fraction of sp³-hybridized carbons (Fsp3) is 0.455. The van der Waals surface area contributed by atoms with Gasteiger partial charge in [0.1, 0.15) is 0 Å². The molecule has 1 fully saturated rings. The summed E-state index contributed by atoms with van der Waals surface area (Å²) in [5.41, 5.74) is 1.17. The molecular formula is C11H15NO. The monoisotopic (exact) mass is 177 g/mol. The first-order valence-electron chi connectivity index (χ1n) is 4.92. The second kappa shape index (κ2) is 4.28. The maximum Gasteiger partial charge on any atom is 0.0748 e. The van der Waals surface area contributed by atoms with Crippen LogP contribution in [0.15, 0.2) is 30.3 Å². The van der Waals surface area contributed by atoms with Gasteiger partial charge in [0.05, 0.1) is 12.3 Å². The maximum atomic E-state index is 5.62. The Morgan fingerprint density at radius 2 is 1.85 bits per heavy atom. The number of benzene rings is 1. The fourth-order valence-corrected chi connectivity index (χ4v) is 1.57. The van der Waals surface area contributed by atoms with E-state index < -0.39 is 0 Å². The van der Waals surface area contributed by atoms with Gasteiger partial charge in [-0.05, 0) is 31.4 Å². The van der Waals surface area contributed by atoms with Crippen molar-refractivity contribution in [3.8, 4) is 0 Å². The number of hydrogen-bond donors (Lipinski definition) is 0. The van der Waals surface area contributed by atoms with Crippen molar-refractivity contribution in [3.63, 3.8) is 0 Å². The van der Waals surface area contributed by atoms with E-state index in [1.54, 1.807) is 0 Å². The van der Waals surface area contributed by atoms with Gasteiger partial charge in [0.25, 0.3) is 0 Å². The third kappa shape index (κ3) is 2.22. The molecule has 0 aliphatic carbocycles. The Bertz CT molecular complexity index is 240. The van der Waals surface area contributed by atoms with E-state index in [1.165, 1.54) is 24.9 Å². The summed E-state index contributed by atoms with van der Waals surface area (Å²) < 4.78 is 0. The minimum atomic E-state index is 0.856. The molecule has 70 valence electrons. The Labute approximate surface area is 79.1 Å². The highest BCUT2D eigenvalue weighted by atomic mass is 16.7. The van der Waals surface area contributed by atoms with Gasteiger partial charge in [-0.1, -0.05) is 18.2 Å². The largest absolute Gasteiger partial charge is 0.273 e. The van der Waals surface area contributed by atoms with E-state index in [0.29, 0.717) is 0 Å². The van der Waals surface area contributed by atoms with Crippen molar-refractivity contribution in [2.75, 3.05) is 18.2 Å². The van der Waals surface area contributed by atoms with Crippen molar-refractivity contribution >= 4 is 5.69 Å². The van der Waals surface area contributed by atoms with Crippen molar-refractivity contribution in [1.82, 2.24) is 0 Å². The lowest BCUT2D eigenvalue weighted by atomic mass is 10.2. The van der Waals surface area contributed by atoms with Crippen LogP contribution in [0.3, 0.4) is 0 Å². The second-order valence-corrected chi connectivity index (χ2v) is 3.33. The normalized spacial score (nSPS) is 18.3. The standard InChI is InChI=1S/C11H15NO/c1-3-7-11(8-4-1)12-9-5-2-6-10-13-12/h1,3-4,7-8H,2,5-6,9-10H2. The molecule has 0 unspecified atom stereocenters. The van der Waals surface area contributed by atoms with Crippen molar-refractivity contribution < 1.29 is 4.84 Å². The number of rotatable bonds is 1. The molecule has 0 bridgehead atoms. The molecule has 1 aromatic rings. The van der Waals surface area contributed by atoms with Gasteiger partial charge in [0.15, 0.2) is 0 Å². The minimum Gasteiger partial charge on any atom is -0.273 e. The van der Waals surface area contributed by atoms with E-state index in [0.717, 1.165) is 13.2 Å². The zero-order chi connectivity index (χ0) is 8.93. The van der Waals surface area contributed by atoms with Crippen molar-refractivity contribution in [2.24, 2.45) is 0 Å². The molecule has 0 amide bonds. The Hall–Kier alpha value is -1.02. The van der Waals surface area contributed by atoms with Crippen LogP contribution < -0.4 is 5.06 Å². The number of hydroxylamine groups is 1. The van der Waals surface area contributed by atoms with Crippen LogP contribution in [0.2, 0.25) is 0 Å². The zero-order valence-electron chi connectivity index (χ0n) is 7.78. The molecule has 0 saturated carbocycles. The molecule has 0 N–H and O–H groups in total. The van der Waals surface area contributed by atoms with Crippen molar-refractivity contribution in [2.45, 2.75) is 19.3 Å². The highest BCUT2D eigenvalue weighted by molar-refractivity contribution is 5.43. The van der Waals surface area contributed by atoms with Crippen LogP contribution in [0.25, 0.3) is 0 Å². The van der Waals surface area contributed by atoms with E-state index in [2.05, 4.69) is 12.1 Å². The molecule has 2 heteroatoms. The van der Waals surface area contributed by atoms with E-state index in [1.807, 2.05) is 23.3 Å². The van der Waals surface area contributed by atoms with Crippen LogP contribution in [-0.2, 0) is 4.84 Å². The molecule has 13 heavy (non-hydrogen) atoms. The minimum absolute atomic E-state index is 0.856. The number of para-hydroxylation sites is 1. The third-order valence-corrected chi connectivity index (χ3v) is 2.30. The summed E-state index contributed by atoms with van der Waals surface area (Å²) in [5.74, 6) is 0. The number of hydrogen-bond acceptors (Lipinski definition) is 2. The second-order valence-electron chi connectivity index (χ2n) is 3.33. The molecule has 2 rings (SSSR count). The first kappa shape index (κ1) is 8.57. The number of anilines is 1. The van der Waals surface area contributed by atoms with E-state index in [4.69, 9.17) is 4.84 Å². The van der Waals surface area contributed by atoms with E-state index in [-0.39, 0.29) is 0 Å². The molecular weight excluding hydrogens is 162 g/mol. The van der Waals surface area contributed by atoms with Gasteiger partial charge in [0.2, 0.25) is 0 Å². The van der Waals surface area contributed by atoms with Crippen molar-refractivity contribution in [1.29, 1.82) is 0 Å².